The summed E-state index contributed by atoms with van der Waals surface area (Å²) in [6, 6.07) is 13.8. The Hall–Kier alpha value is -1.84. The van der Waals surface area contributed by atoms with E-state index < -0.39 is 0 Å². The first-order chi connectivity index (χ1) is 10.6. The number of carbonyl (C=O) groups excluding carboxylic acids is 1. The number of halogens is 1. The number of rotatable bonds is 6. The number of hydrogen-bond donors (Lipinski definition) is 2. The number of amides is 1. The van der Waals surface area contributed by atoms with Gasteiger partial charge in [0.05, 0.1) is 0 Å². The molecule has 0 heterocycles. The molecule has 0 radical (unpaired) electrons. The maximum Gasteiger partial charge on any atom is 0.224 e. The number of hydrogen-bond acceptors (Lipinski definition) is 2. The van der Waals surface area contributed by atoms with Crippen molar-refractivity contribution < 1.29 is 4.79 Å². The van der Waals surface area contributed by atoms with E-state index in [0.717, 1.165) is 40.4 Å². The molecule has 0 aromatic heterocycles. The molecule has 3 nitrogen and oxygen atoms in total. The molecular weight excluding hydrogens is 296 g/mol. The zero-order valence-corrected chi connectivity index (χ0v) is 13.7. The van der Waals surface area contributed by atoms with Gasteiger partial charge in [0.2, 0.25) is 5.91 Å². The summed E-state index contributed by atoms with van der Waals surface area (Å²) < 4.78 is 0. The van der Waals surface area contributed by atoms with Gasteiger partial charge in [-0.1, -0.05) is 29.8 Å². The van der Waals surface area contributed by atoms with Crippen LogP contribution < -0.4 is 10.6 Å². The van der Waals surface area contributed by atoms with Crippen LogP contribution in [0, 0.1) is 6.92 Å². The van der Waals surface area contributed by atoms with E-state index >= 15 is 0 Å². The highest BCUT2D eigenvalue weighted by Gasteiger charge is 2.06. The maximum absolute atomic E-state index is 11.9. The lowest BCUT2D eigenvalue weighted by Crippen LogP contribution is -2.15. The van der Waals surface area contributed by atoms with Crippen molar-refractivity contribution in [2.24, 2.45) is 0 Å². The molecule has 2 rings (SSSR count). The van der Waals surface area contributed by atoms with Gasteiger partial charge < -0.3 is 10.6 Å². The lowest BCUT2D eigenvalue weighted by molar-refractivity contribution is -0.116. The molecule has 0 bridgehead atoms. The summed E-state index contributed by atoms with van der Waals surface area (Å²) in [6.45, 7) is 2.84. The number of aryl methyl sites for hydroxylation is 1. The second kappa shape index (κ2) is 7.97. The fourth-order valence-electron chi connectivity index (χ4n) is 2.29. The van der Waals surface area contributed by atoms with Crippen molar-refractivity contribution in [2.75, 3.05) is 18.9 Å². The number of anilines is 1. The van der Waals surface area contributed by atoms with E-state index in [4.69, 9.17) is 11.6 Å². The Morgan fingerprint density at radius 1 is 1.14 bits per heavy atom. The third-order valence-electron chi connectivity index (χ3n) is 3.49. The Bertz CT molecular complexity index is 655. The van der Waals surface area contributed by atoms with Crippen LogP contribution in [0.2, 0.25) is 5.02 Å². The molecule has 0 saturated carbocycles. The number of benzene rings is 2. The summed E-state index contributed by atoms with van der Waals surface area (Å²) >= 11 is 6.03. The first-order valence-electron chi connectivity index (χ1n) is 7.41. The first kappa shape index (κ1) is 16.5. The Balaban J connectivity index is 2.08. The molecule has 116 valence electrons. The lowest BCUT2D eigenvalue weighted by atomic mass is 10.0. The molecule has 0 unspecified atom stereocenters. The van der Waals surface area contributed by atoms with Crippen molar-refractivity contribution in [3.05, 3.63) is 53.1 Å². The van der Waals surface area contributed by atoms with Crippen LogP contribution in [-0.2, 0) is 4.79 Å². The van der Waals surface area contributed by atoms with Gasteiger partial charge in [0.25, 0.3) is 0 Å². The molecule has 22 heavy (non-hydrogen) atoms. The Morgan fingerprint density at radius 3 is 2.59 bits per heavy atom. The van der Waals surface area contributed by atoms with Crippen molar-refractivity contribution in [3.8, 4) is 11.1 Å². The first-order valence-corrected chi connectivity index (χ1v) is 7.79. The van der Waals surface area contributed by atoms with E-state index in [-0.39, 0.29) is 5.91 Å². The lowest BCUT2D eigenvalue weighted by Gasteiger charge is -2.11. The zero-order valence-electron chi connectivity index (χ0n) is 12.9. The fourth-order valence-corrected chi connectivity index (χ4v) is 2.48. The van der Waals surface area contributed by atoms with Crippen molar-refractivity contribution >= 4 is 23.2 Å². The molecule has 2 N–H and O–H groups in total. The van der Waals surface area contributed by atoms with Crippen LogP contribution in [0.1, 0.15) is 18.4 Å². The standard InChI is InChI=1S/C18H21ClN2O/c1-13-11-15(14-5-3-6-16(19)12-14)8-9-17(13)21-18(22)7-4-10-20-2/h3,5-6,8-9,11-12,20H,4,7,10H2,1-2H3,(H,21,22). The average molecular weight is 317 g/mol. The van der Waals surface area contributed by atoms with Crippen LogP contribution in [0.25, 0.3) is 11.1 Å². The Labute approximate surface area is 136 Å². The number of nitrogens with one attached hydrogen (secondary N) is 2. The summed E-state index contributed by atoms with van der Waals surface area (Å²) in [5, 5.41) is 6.72. The van der Waals surface area contributed by atoms with Gasteiger partial charge >= 0.3 is 0 Å². The monoisotopic (exact) mass is 316 g/mol. The predicted molar refractivity (Wildman–Crippen MR) is 93.4 cm³/mol. The minimum atomic E-state index is 0.0499. The van der Waals surface area contributed by atoms with Gasteiger partial charge in [-0.3, -0.25) is 4.79 Å². The van der Waals surface area contributed by atoms with Gasteiger partial charge in [0.15, 0.2) is 0 Å². The molecule has 0 spiro atoms. The van der Waals surface area contributed by atoms with Gasteiger partial charge in [-0.25, -0.2) is 0 Å². The van der Waals surface area contributed by atoms with Crippen LogP contribution in [-0.4, -0.2) is 19.5 Å². The third kappa shape index (κ3) is 4.58. The van der Waals surface area contributed by atoms with Crippen molar-refractivity contribution in [3.63, 3.8) is 0 Å². The molecule has 0 aliphatic rings. The van der Waals surface area contributed by atoms with E-state index in [9.17, 15) is 4.79 Å². The molecule has 2 aromatic carbocycles. The summed E-state index contributed by atoms with van der Waals surface area (Å²) in [4.78, 5) is 11.9. The molecule has 4 heteroatoms. The quantitative estimate of drug-likeness (QED) is 0.782. The highest BCUT2D eigenvalue weighted by Crippen LogP contribution is 2.26. The zero-order chi connectivity index (χ0) is 15.9. The smallest absolute Gasteiger partial charge is 0.224 e. The third-order valence-corrected chi connectivity index (χ3v) is 3.72. The van der Waals surface area contributed by atoms with Crippen LogP contribution in [0.15, 0.2) is 42.5 Å². The largest absolute Gasteiger partial charge is 0.326 e. The number of carbonyl (C=O) groups is 1. The minimum Gasteiger partial charge on any atom is -0.326 e. The molecule has 0 aliphatic heterocycles. The van der Waals surface area contributed by atoms with Crippen molar-refractivity contribution in [1.82, 2.24) is 5.32 Å². The highest BCUT2D eigenvalue weighted by molar-refractivity contribution is 6.30. The van der Waals surface area contributed by atoms with E-state index in [1.165, 1.54) is 0 Å². The van der Waals surface area contributed by atoms with E-state index in [1.807, 2.05) is 50.4 Å². The second-order valence-electron chi connectivity index (χ2n) is 5.30. The molecular formula is C18H21ClN2O. The topological polar surface area (TPSA) is 41.1 Å². The normalized spacial score (nSPS) is 10.5. The van der Waals surface area contributed by atoms with E-state index in [1.54, 1.807) is 0 Å². The van der Waals surface area contributed by atoms with Gasteiger partial charge in [-0.05, 0) is 67.9 Å². The molecule has 0 aliphatic carbocycles. The van der Waals surface area contributed by atoms with Crippen LogP contribution in [0.5, 0.6) is 0 Å². The van der Waals surface area contributed by atoms with E-state index in [2.05, 4.69) is 16.7 Å². The van der Waals surface area contributed by atoms with Crippen molar-refractivity contribution in [2.45, 2.75) is 19.8 Å². The molecule has 2 aromatic rings. The van der Waals surface area contributed by atoms with E-state index in [0.29, 0.717) is 6.42 Å². The summed E-state index contributed by atoms with van der Waals surface area (Å²) in [5.41, 5.74) is 4.07. The average Bonchev–Trinajstić information content (AvgIpc) is 2.49. The second-order valence-corrected chi connectivity index (χ2v) is 5.73. The van der Waals surface area contributed by atoms with Crippen LogP contribution in [0.4, 0.5) is 5.69 Å². The van der Waals surface area contributed by atoms with Gasteiger partial charge in [0, 0.05) is 17.1 Å². The Morgan fingerprint density at radius 2 is 1.91 bits per heavy atom. The molecule has 0 atom stereocenters. The molecule has 0 saturated heterocycles. The van der Waals surface area contributed by atoms with Gasteiger partial charge in [-0.2, -0.15) is 0 Å². The fraction of sp³-hybridized carbons (Fsp3) is 0.278. The Kier molecular flexibility index (Phi) is 5.99. The van der Waals surface area contributed by atoms with Crippen molar-refractivity contribution in [1.29, 1.82) is 0 Å². The van der Waals surface area contributed by atoms with Crippen LogP contribution in [0.3, 0.4) is 0 Å². The molecule has 0 fully saturated rings. The molecule has 1 amide bonds. The summed E-state index contributed by atoms with van der Waals surface area (Å²) in [7, 11) is 1.89. The van der Waals surface area contributed by atoms with Gasteiger partial charge in [0.1, 0.15) is 0 Å². The summed E-state index contributed by atoms with van der Waals surface area (Å²) in [5.74, 6) is 0.0499. The highest BCUT2D eigenvalue weighted by atomic mass is 35.5. The maximum atomic E-state index is 11.9. The summed E-state index contributed by atoms with van der Waals surface area (Å²) in [6.07, 6.45) is 1.36. The SMILES string of the molecule is CNCCCC(=O)Nc1ccc(-c2cccc(Cl)c2)cc1C. The van der Waals surface area contributed by atoms with Crippen LogP contribution >= 0.6 is 11.6 Å². The predicted octanol–water partition coefficient (Wildman–Crippen LogP) is 4.25. The van der Waals surface area contributed by atoms with Gasteiger partial charge in [-0.15, -0.1) is 0 Å². The minimum absolute atomic E-state index is 0.0499.